The molecule has 1 aliphatic rings. The van der Waals surface area contributed by atoms with Gasteiger partial charge in [0.25, 0.3) is 0 Å². The number of thiazole rings is 1. The summed E-state index contributed by atoms with van der Waals surface area (Å²) >= 11 is 1.35. The molecular weight excluding hydrogens is 464 g/mol. The molecule has 35 heavy (non-hydrogen) atoms. The Kier molecular flexibility index (Phi) is 6.71. The second kappa shape index (κ2) is 9.72. The highest BCUT2D eigenvalue weighted by Gasteiger charge is 2.35. The number of hydrogen-bond acceptors (Lipinski definition) is 6. The molecule has 180 valence electrons. The molecule has 10 heteroatoms. The van der Waals surface area contributed by atoms with Gasteiger partial charge in [0.2, 0.25) is 0 Å². The van der Waals surface area contributed by atoms with Crippen LogP contribution in [0.3, 0.4) is 0 Å². The Balaban J connectivity index is 1.67. The minimum Gasteiger partial charge on any atom is -0.465 e. The number of benzene rings is 1. The number of anilines is 1. The van der Waals surface area contributed by atoms with E-state index in [1.807, 2.05) is 38.1 Å². The highest BCUT2D eigenvalue weighted by atomic mass is 32.1. The van der Waals surface area contributed by atoms with Crippen LogP contribution in [-0.4, -0.2) is 62.2 Å². The highest BCUT2D eigenvalue weighted by Crippen LogP contribution is 2.39. The summed E-state index contributed by atoms with van der Waals surface area (Å²) in [5.41, 5.74) is 4.64. The highest BCUT2D eigenvalue weighted by molar-refractivity contribution is 7.19. The van der Waals surface area contributed by atoms with Crippen LogP contribution in [0.15, 0.2) is 36.4 Å². The monoisotopic (exact) mass is 490 g/mol. The number of rotatable bonds is 3. The molecule has 1 aromatic carbocycles. The number of amides is 3. The lowest BCUT2D eigenvalue weighted by atomic mass is 10.0. The number of aromatic nitrogens is 2. The van der Waals surface area contributed by atoms with Crippen molar-refractivity contribution in [2.45, 2.75) is 39.8 Å². The summed E-state index contributed by atoms with van der Waals surface area (Å²) in [7, 11) is 0. The molecule has 0 unspecified atom stereocenters. The van der Waals surface area contributed by atoms with Crippen molar-refractivity contribution in [3.63, 3.8) is 0 Å². The zero-order chi connectivity index (χ0) is 25.3. The van der Waals surface area contributed by atoms with Gasteiger partial charge in [0, 0.05) is 30.0 Å². The molecule has 4 rings (SSSR count). The molecule has 2 aromatic heterocycles. The largest absolute Gasteiger partial charge is 0.465 e. The van der Waals surface area contributed by atoms with Crippen LogP contribution in [-0.2, 0) is 0 Å². The topological polar surface area (TPSA) is 122 Å². The number of carbonyl (C=O) groups excluding carboxylic acids is 1. The van der Waals surface area contributed by atoms with Gasteiger partial charge in [-0.05, 0) is 57.5 Å². The van der Waals surface area contributed by atoms with Crippen LogP contribution in [0, 0.1) is 25.2 Å². The van der Waals surface area contributed by atoms with Crippen LogP contribution in [0.1, 0.15) is 30.8 Å². The average molecular weight is 491 g/mol. The molecule has 0 saturated carbocycles. The Labute approximate surface area is 207 Å². The molecule has 1 fully saturated rings. The summed E-state index contributed by atoms with van der Waals surface area (Å²) in [6, 6.07) is 12.3. The first kappa shape index (κ1) is 24.2. The van der Waals surface area contributed by atoms with Gasteiger partial charge in [0.15, 0.2) is 5.13 Å². The smallest absolute Gasteiger partial charge is 0.407 e. The predicted octanol–water partition coefficient (Wildman–Crippen LogP) is 4.97. The average Bonchev–Trinajstić information content (AvgIpc) is 3.21. The first-order valence-corrected chi connectivity index (χ1v) is 12.0. The molecule has 2 atom stereocenters. The Morgan fingerprint density at radius 1 is 1.09 bits per heavy atom. The van der Waals surface area contributed by atoms with E-state index in [0.29, 0.717) is 29.5 Å². The molecule has 1 saturated heterocycles. The van der Waals surface area contributed by atoms with Crippen molar-refractivity contribution in [3.8, 4) is 27.8 Å². The molecule has 0 spiro atoms. The second-order valence-electron chi connectivity index (χ2n) is 8.75. The lowest BCUT2D eigenvalue weighted by Gasteiger charge is -2.42. The third-order valence-corrected chi connectivity index (χ3v) is 6.90. The lowest BCUT2D eigenvalue weighted by molar-refractivity contribution is 0.0560. The van der Waals surface area contributed by atoms with Crippen LogP contribution < -0.4 is 5.32 Å². The third kappa shape index (κ3) is 5.10. The Morgan fingerprint density at radius 3 is 2.34 bits per heavy atom. The maximum atomic E-state index is 13.1. The molecule has 3 amide bonds. The molecular formula is C25H26N6O3S. The number of carboxylic acid groups (broad SMARTS) is 1. The van der Waals surface area contributed by atoms with E-state index in [-0.39, 0.29) is 18.1 Å². The SMILES string of the molecule is Cc1cc(-c2sc(NC(=O)N3C[C@H](C)N(C(=O)O)[C@@H](C)C3)nc2-c2cccc(C#N)c2)cc(C)n1. The van der Waals surface area contributed by atoms with E-state index in [1.54, 1.807) is 30.9 Å². The summed E-state index contributed by atoms with van der Waals surface area (Å²) in [5.74, 6) is 0. The van der Waals surface area contributed by atoms with Gasteiger partial charge in [-0.15, -0.1) is 0 Å². The van der Waals surface area contributed by atoms with E-state index in [9.17, 15) is 20.0 Å². The van der Waals surface area contributed by atoms with Crippen molar-refractivity contribution in [2.24, 2.45) is 0 Å². The van der Waals surface area contributed by atoms with Crippen molar-refractivity contribution in [1.29, 1.82) is 5.26 Å². The molecule has 1 aliphatic heterocycles. The quantitative estimate of drug-likeness (QED) is 0.535. The number of urea groups is 1. The first-order valence-electron chi connectivity index (χ1n) is 11.2. The fourth-order valence-electron chi connectivity index (χ4n) is 4.50. The fourth-order valence-corrected chi connectivity index (χ4v) is 5.47. The van der Waals surface area contributed by atoms with Gasteiger partial charge in [-0.3, -0.25) is 15.2 Å². The van der Waals surface area contributed by atoms with E-state index in [0.717, 1.165) is 27.4 Å². The molecule has 3 heterocycles. The van der Waals surface area contributed by atoms with Gasteiger partial charge in [-0.1, -0.05) is 23.5 Å². The Morgan fingerprint density at radius 2 is 1.74 bits per heavy atom. The lowest BCUT2D eigenvalue weighted by Crippen LogP contribution is -2.60. The van der Waals surface area contributed by atoms with Gasteiger partial charge in [-0.2, -0.15) is 5.26 Å². The van der Waals surface area contributed by atoms with Crippen molar-refractivity contribution < 1.29 is 14.7 Å². The first-order chi connectivity index (χ1) is 16.7. The Hall–Kier alpha value is -3.97. The summed E-state index contributed by atoms with van der Waals surface area (Å²) in [5, 5.41) is 22.1. The number of pyridine rings is 1. The number of carbonyl (C=O) groups is 2. The van der Waals surface area contributed by atoms with Crippen LogP contribution in [0.2, 0.25) is 0 Å². The number of nitrogens with zero attached hydrogens (tertiary/aromatic N) is 5. The van der Waals surface area contributed by atoms with Crippen LogP contribution in [0.5, 0.6) is 0 Å². The Bertz CT molecular complexity index is 1300. The predicted molar refractivity (Wildman–Crippen MR) is 134 cm³/mol. The third-order valence-electron chi connectivity index (χ3n) is 5.88. The minimum absolute atomic E-state index is 0.292. The van der Waals surface area contributed by atoms with E-state index < -0.39 is 6.09 Å². The van der Waals surface area contributed by atoms with Gasteiger partial charge < -0.3 is 10.0 Å². The second-order valence-corrected chi connectivity index (χ2v) is 9.75. The van der Waals surface area contributed by atoms with Crippen molar-refractivity contribution >= 4 is 28.6 Å². The van der Waals surface area contributed by atoms with Gasteiger partial charge >= 0.3 is 12.1 Å². The maximum Gasteiger partial charge on any atom is 0.407 e. The van der Waals surface area contributed by atoms with Gasteiger partial charge in [0.05, 0.1) is 34.3 Å². The van der Waals surface area contributed by atoms with Crippen molar-refractivity contribution in [1.82, 2.24) is 19.8 Å². The molecule has 2 N–H and O–H groups in total. The van der Waals surface area contributed by atoms with Crippen molar-refractivity contribution in [2.75, 3.05) is 18.4 Å². The van der Waals surface area contributed by atoms with Gasteiger partial charge in [0.1, 0.15) is 0 Å². The molecule has 9 nitrogen and oxygen atoms in total. The summed E-state index contributed by atoms with van der Waals surface area (Å²) in [4.78, 5) is 37.7. The molecule has 0 aliphatic carbocycles. The molecule has 0 radical (unpaired) electrons. The van der Waals surface area contributed by atoms with E-state index >= 15 is 0 Å². The number of nitrogens with one attached hydrogen (secondary N) is 1. The molecule has 3 aromatic rings. The fraction of sp³-hybridized carbons (Fsp3) is 0.320. The zero-order valence-corrected chi connectivity index (χ0v) is 20.8. The summed E-state index contributed by atoms with van der Waals surface area (Å²) in [6.45, 7) is 8.02. The minimum atomic E-state index is -0.984. The number of nitriles is 1. The number of hydrogen-bond donors (Lipinski definition) is 2. The van der Waals surface area contributed by atoms with Crippen LogP contribution in [0.4, 0.5) is 14.7 Å². The molecule has 0 bridgehead atoms. The summed E-state index contributed by atoms with van der Waals surface area (Å²) in [6.07, 6.45) is -0.984. The van der Waals surface area contributed by atoms with Crippen LogP contribution in [0.25, 0.3) is 21.7 Å². The van der Waals surface area contributed by atoms with E-state index in [4.69, 9.17) is 4.98 Å². The summed E-state index contributed by atoms with van der Waals surface area (Å²) < 4.78 is 0. The van der Waals surface area contributed by atoms with E-state index in [1.165, 1.54) is 16.2 Å². The number of piperazine rings is 1. The van der Waals surface area contributed by atoms with Gasteiger partial charge in [-0.25, -0.2) is 14.6 Å². The number of aryl methyl sites for hydroxylation is 2. The zero-order valence-electron chi connectivity index (χ0n) is 19.9. The van der Waals surface area contributed by atoms with Crippen molar-refractivity contribution in [3.05, 3.63) is 53.3 Å². The maximum absolute atomic E-state index is 13.1. The standard InChI is InChI=1S/C25H26N6O3S/c1-14-8-20(9-15(2)27-14)22-21(19-7-5-6-18(10-19)11-26)28-23(35-22)29-24(32)30-12-16(3)31(25(33)34)17(4)13-30/h5-10,16-17H,12-13H2,1-4H3,(H,33,34)(H,28,29,32)/t16-,17-/m0/s1. The van der Waals surface area contributed by atoms with Crippen LogP contribution >= 0.6 is 11.3 Å². The van der Waals surface area contributed by atoms with E-state index in [2.05, 4.69) is 16.4 Å². The normalized spacial score (nSPS) is 17.7.